The number of aryl methyl sites for hydroxylation is 1. The van der Waals surface area contributed by atoms with Gasteiger partial charge in [0.05, 0.1) is 24.8 Å². The van der Waals surface area contributed by atoms with Crippen molar-refractivity contribution in [3.05, 3.63) is 120 Å². The largest absolute Gasteiger partial charge is 0.497 e. The Bertz CT molecular complexity index is 1800. The molecule has 254 valence electrons. The molecule has 1 N–H and O–H groups in total. The summed E-state index contributed by atoms with van der Waals surface area (Å²) in [6.07, 6.45) is 0.750. The molecule has 0 bridgehead atoms. The highest BCUT2D eigenvalue weighted by Crippen LogP contribution is 2.36. The van der Waals surface area contributed by atoms with Gasteiger partial charge in [0.2, 0.25) is 11.8 Å². The lowest BCUT2D eigenvalue weighted by molar-refractivity contribution is -0.140. The first-order valence-electron chi connectivity index (χ1n) is 15.7. The van der Waals surface area contributed by atoms with Crippen LogP contribution in [0.2, 0.25) is 0 Å². The molecule has 0 radical (unpaired) electrons. The van der Waals surface area contributed by atoms with Crippen molar-refractivity contribution in [2.45, 2.75) is 57.1 Å². The van der Waals surface area contributed by atoms with Crippen molar-refractivity contribution in [2.24, 2.45) is 0 Å². The van der Waals surface area contributed by atoms with E-state index in [4.69, 9.17) is 9.47 Å². The summed E-state index contributed by atoms with van der Waals surface area (Å²) >= 11 is 0. The van der Waals surface area contributed by atoms with Crippen LogP contribution >= 0.6 is 0 Å². The number of carbonyl (C=O) groups excluding carboxylic acids is 2. The normalized spacial score (nSPS) is 12.5. The van der Waals surface area contributed by atoms with Gasteiger partial charge in [-0.05, 0) is 56.2 Å². The summed E-state index contributed by atoms with van der Waals surface area (Å²) in [6, 6.07) is 24.7. The Morgan fingerprint density at radius 3 is 2.19 bits per heavy atom. The smallest absolute Gasteiger partial charge is 0.264 e. The first-order chi connectivity index (χ1) is 23.0. The van der Waals surface area contributed by atoms with Crippen LogP contribution in [0.4, 0.5) is 10.1 Å². The molecule has 0 spiro atoms. The van der Waals surface area contributed by atoms with Crippen LogP contribution in [-0.2, 0) is 32.6 Å². The summed E-state index contributed by atoms with van der Waals surface area (Å²) in [5.41, 5.74) is 1.85. The lowest BCUT2D eigenvalue weighted by Gasteiger charge is -2.34. The molecular formula is C37H42FN3O6S. The molecule has 0 heterocycles. The minimum absolute atomic E-state index is 0.0539. The predicted octanol–water partition coefficient (Wildman–Crippen LogP) is 5.90. The summed E-state index contributed by atoms with van der Waals surface area (Å²) in [4.78, 5) is 29.8. The maximum atomic E-state index is 15.1. The van der Waals surface area contributed by atoms with Gasteiger partial charge in [-0.15, -0.1) is 0 Å². The molecule has 0 saturated heterocycles. The van der Waals surface area contributed by atoms with E-state index in [0.29, 0.717) is 12.2 Å². The number of amides is 2. The van der Waals surface area contributed by atoms with Crippen LogP contribution in [0.5, 0.6) is 11.5 Å². The number of benzene rings is 4. The first kappa shape index (κ1) is 35.9. The summed E-state index contributed by atoms with van der Waals surface area (Å²) in [6.45, 7) is 4.60. The van der Waals surface area contributed by atoms with E-state index in [9.17, 15) is 18.0 Å². The monoisotopic (exact) mass is 675 g/mol. The van der Waals surface area contributed by atoms with Crippen LogP contribution in [0.15, 0.2) is 102 Å². The van der Waals surface area contributed by atoms with Crippen molar-refractivity contribution in [1.29, 1.82) is 0 Å². The number of hydrogen-bond acceptors (Lipinski definition) is 6. The van der Waals surface area contributed by atoms with Gasteiger partial charge in [0.25, 0.3) is 10.0 Å². The molecular weight excluding hydrogens is 633 g/mol. The number of sulfonamides is 1. The fourth-order valence-electron chi connectivity index (χ4n) is 5.15. The van der Waals surface area contributed by atoms with E-state index in [1.54, 1.807) is 30.3 Å². The third-order valence-corrected chi connectivity index (χ3v) is 9.89. The van der Waals surface area contributed by atoms with Crippen molar-refractivity contribution in [2.75, 3.05) is 25.1 Å². The molecule has 48 heavy (non-hydrogen) atoms. The molecule has 0 unspecified atom stereocenters. The number of hydrogen-bond donors (Lipinski definition) is 1. The molecule has 0 aliphatic carbocycles. The average Bonchev–Trinajstić information content (AvgIpc) is 3.09. The van der Waals surface area contributed by atoms with Gasteiger partial charge in [0.15, 0.2) is 0 Å². The number of nitrogens with zero attached hydrogens (tertiary/aromatic N) is 2. The highest BCUT2D eigenvalue weighted by molar-refractivity contribution is 7.92. The zero-order chi connectivity index (χ0) is 34.8. The number of carbonyl (C=O) groups is 2. The van der Waals surface area contributed by atoms with Gasteiger partial charge in [-0.2, -0.15) is 0 Å². The van der Waals surface area contributed by atoms with E-state index >= 15 is 4.39 Å². The SMILES string of the molecule is CC[C@H](C)NC(=O)[C@H](Cc1ccccc1)N(Cc1ccccc1F)C(=O)CN(c1cc(OC)ccc1OC)S(=O)(=O)c1ccc(C)cc1. The number of rotatable bonds is 15. The molecule has 2 atom stereocenters. The van der Waals surface area contributed by atoms with Crippen molar-refractivity contribution in [3.8, 4) is 11.5 Å². The molecule has 0 saturated carbocycles. The second kappa shape index (κ2) is 16.3. The minimum Gasteiger partial charge on any atom is -0.497 e. The second-order valence-electron chi connectivity index (χ2n) is 11.5. The zero-order valence-corrected chi connectivity index (χ0v) is 28.7. The van der Waals surface area contributed by atoms with Crippen LogP contribution in [0.1, 0.15) is 37.0 Å². The third-order valence-electron chi connectivity index (χ3n) is 8.11. The van der Waals surface area contributed by atoms with Crippen LogP contribution in [0, 0.1) is 12.7 Å². The summed E-state index contributed by atoms with van der Waals surface area (Å²) < 4.78 is 55.8. The summed E-state index contributed by atoms with van der Waals surface area (Å²) in [5.74, 6) is -1.21. The molecule has 4 aromatic rings. The lowest BCUT2D eigenvalue weighted by Crippen LogP contribution is -2.54. The van der Waals surface area contributed by atoms with E-state index in [-0.39, 0.29) is 40.9 Å². The number of anilines is 1. The van der Waals surface area contributed by atoms with Crippen molar-refractivity contribution in [1.82, 2.24) is 10.2 Å². The summed E-state index contributed by atoms with van der Waals surface area (Å²) in [7, 11) is -1.56. The molecule has 0 aliphatic heterocycles. The number of nitrogens with one attached hydrogen (secondary N) is 1. The van der Waals surface area contributed by atoms with Crippen LogP contribution < -0.4 is 19.1 Å². The molecule has 0 aromatic heterocycles. The topological polar surface area (TPSA) is 105 Å². The van der Waals surface area contributed by atoms with Crippen LogP contribution in [0.3, 0.4) is 0 Å². The lowest BCUT2D eigenvalue weighted by atomic mass is 10.0. The number of methoxy groups -OCH3 is 2. The Morgan fingerprint density at radius 2 is 1.56 bits per heavy atom. The molecule has 4 aromatic carbocycles. The second-order valence-corrected chi connectivity index (χ2v) is 13.4. The predicted molar refractivity (Wildman–Crippen MR) is 184 cm³/mol. The Morgan fingerprint density at radius 1 is 0.896 bits per heavy atom. The maximum absolute atomic E-state index is 15.1. The van der Waals surface area contributed by atoms with Crippen molar-refractivity contribution in [3.63, 3.8) is 0 Å². The van der Waals surface area contributed by atoms with Gasteiger partial charge in [0, 0.05) is 30.6 Å². The molecule has 4 rings (SSSR count). The van der Waals surface area contributed by atoms with Gasteiger partial charge in [0.1, 0.15) is 29.9 Å². The number of halogens is 1. The van der Waals surface area contributed by atoms with Gasteiger partial charge >= 0.3 is 0 Å². The molecule has 0 fully saturated rings. The molecule has 9 nitrogen and oxygen atoms in total. The van der Waals surface area contributed by atoms with E-state index in [1.807, 2.05) is 51.1 Å². The Balaban J connectivity index is 1.88. The van der Waals surface area contributed by atoms with Gasteiger partial charge in [-0.3, -0.25) is 13.9 Å². The van der Waals surface area contributed by atoms with Crippen LogP contribution in [0.25, 0.3) is 0 Å². The van der Waals surface area contributed by atoms with E-state index in [0.717, 1.165) is 15.4 Å². The zero-order valence-electron chi connectivity index (χ0n) is 27.9. The fraction of sp³-hybridized carbons (Fsp3) is 0.297. The van der Waals surface area contributed by atoms with Crippen LogP contribution in [-0.4, -0.2) is 58.0 Å². The molecule has 0 aliphatic rings. The molecule has 2 amide bonds. The van der Waals surface area contributed by atoms with E-state index in [1.165, 1.54) is 55.5 Å². The first-order valence-corrected chi connectivity index (χ1v) is 17.1. The van der Waals surface area contributed by atoms with E-state index < -0.39 is 40.2 Å². The summed E-state index contributed by atoms with van der Waals surface area (Å²) in [5, 5.41) is 2.97. The highest BCUT2D eigenvalue weighted by Gasteiger charge is 2.36. The fourth-order valence-corrected chi connectivity index (χ4v) is 6.56. The minimum atomic E-state index is -4.39. The standard InChI is InChI=1S/C37H42FN3O6S/c1-6-27(3)39-37(43)34(22-28-12-8-7-9-13-28)40(24-29-14-10-11-15-32(29)38)36(42)25-41(33-23-30(46-4)18-21-35(33)47-5)48(44,45)31-19-16-26(2)17-20-31/h7-21,23,27,34H,6,22,24-25H2,1-5H3,(H,39,43)/t27-,34-/m0/s1. The Kier molecular flexibility index (Phi) is 12.2. The van der Waals surface area contributed by atoms with Crippen molar-refractivity contribution >= 4 is 27.5 Å². The third kappa shape index (κ3) is 8.71. The average molecular weight is 676 g/mol. The highest BCUT2D eigenvalue weighted by atomic mass is 32.2. The quantitative estimate of drug-likeness (QED) is 0.168. The van der Waals surface area contributed by atoms with Gasteiger partial charge < -0.3 is 19.7 Å². The van der Waals surface area contributed by atoms with Crippen molar-refractivity contribution < 1.29 is 31.9 Å². The number of ether oxygens (including phenoxy) is 2. The molecule has 11 heteroatoms. The van der Waals surface area contributed by atoms with E-state index in [2.05, 4.69) is 5.32 Å². The van der Waals surface area contributed by atoms with Gasteiger partial charge in [-0.1, -0.05) is 73.2 Å². The van der Waals surface area contributed by atoms with Gasteiger partial charge in [-0.25, -0.2) is 12.8 Å². The Hall–Kier alpha value is -4.90. The Labute approximate surface area is 282 Å². The maximum Gasteiger partial charge on any atom is 0.264 e.